The van der Waals surface area contributed by atoms with Crippen molar-refractivity contribution in [3.63, 3.8) is 0 Å². The number of fused-ring (bicyclic) bond motifs is 1. The van der Waals surface area contributed by atoms with Crippen LogP contribution in [0.1, 0.15) is 158 Å². The van der Waals surface area contributed by atoms with Gasteiger partial charge in [-0.2, -0.15) is 0 Å². The summed E-state index contributed by atoms with van der Waals surface area (Å²) >= 11 is 44.8. The van der Waals surface area contributed by atoms with E-state index >= 15 is 0 Å². The first kappa shape index (κ1) is 69.6. The number of aromatic amines is 2. The van der Waals surface area contributed by atoms with Crippen LogP contribution in [0, 0.1) is 4.77 Å². The van der Waals surface area contributed by atoms with Gasteiger partial charge in [-0.3, -0.25) is 0 Å². The van der Waals surface area contributed by atoms with Crippen molar-refractivity contribution in [2.24, 2.45) is 0 Å². The first-order valence-electron chi connectivity index (χ1n) is 21.7. The number of hydrogen-bond acceptors (Lipinski definition) is 9. The Bertz CT molecular complexity index is 1160. The molecular weight excluding hydrogens is 1020 g/mol. The Morgan fingerprint density at radius 3 is 0.700 bits per heavy atom. The maximum Gasteiger partial charge on any atom is 2.00 e. The van der Waals surface area contributed by atoms with Gasteiger partial charge < -0.3 is 129 Å². The van der Waals surface area contributed by atoms with Crippen LogP contribution in [0.5, 0.6) is 0 Å². The molecule has 1 heterocycles. The van der Waals surface area contributed by atoms with E-state index in [0.717, 1.165) is 63.4 Å². The third-order valence-corrected chi connectivity index (χ3v) is 11.0. The van der Waals surface area contributed by atoms with Crippen LogP contribution >= 0.6 is 61.1 Å². The Morgan fingerprint density at radius 2 is 0.567 bits per heavy atom. The van der Waals surface area contributed by atoms with Crippen molar-refractivity contribution in [2.45, 2.75) is 158 Å². The van der Waals surface area contributed by atoms with Gasteiger partial charge in [0.2, 0.25) is 0 Å². The third kappa shape index (κ3) is 42.5. The molecule has 0 unspecified atom stereocenters. The minimum Gasteiger partial charge on any atom is -0.411 e. The number of hydrogen-bond donors (Lipinski definition) is 2. The molecule has 0 spiro atoms. The molecule has 2 N–H and O–H groups in total. The van der Waals surface area contributed by atoms with Gasteiger partial charge in [0.25, 0.3) is 0 Å². The average Bonchev–Trinajstić information content (AvgIpc) is 3.58. The topological polar surface area (TPSA) is 44.5 Å². The van der Waals surface area contributed by atoms with Gasteiger partial charge >= 0.3 is 39.0 Å². The number of nitrogens with zero attached hydrogens (tertiary/aromatic N) is 4. The summed E-state index contributed by atoms with van der Waals surface area (Å²) in [6.07, 6.45) is 19.2. The van der Waals surface area contributed by atoms with Crippen molar-refractivity contribution < 1.29 is 39.0 Å². The van der Waals surface area contributed by atoms with Crippen molar-refractivity contribution in [2.75, 3.05) is 52.4 Å². The van der Waals surface area contributed by atoms with E-state index in [9.17, 15) is 0 Å². The van der Waals surface area contributed by atoms with Crippen LogP contribution in [0.15, 0.2) is 24.3 Å². The Balaban J connectivity index is -0.000000208. The molecule has 0 atom stereocenters. The molecule has 0 aliphatic carbocycles. The number of thiocarbonyl (C=S) groups is 4. The van der Waals surface area contributed by atoms with Crippen LogP contribution in [-0.2, 0) is 89.5 Å². The third-order valence-electron chi connectivity index (χ3n) is 8.71. The fraction of sp³-hybridized carbons (Fsp3) is 0.744. The maximum absolute atomic E-state index is 4.98. The van der Waals surface area contributed by atoms with Crippen molar-refractivity contribution in [1.82, 2.24) is 29.6 Å². The smallest absolute Gasteiger partial charge is 0.411 e. The van der Waals surface area contributed by atoms with Crippen molar-refractivity contribution in [3.8, 4) is 0 Å². The number of H-pyrrole nitrogens is 2. The monoisotopic (exact) mass is 1090 g/mol. The number of unbranched alkanes of at least 4 members (excludes halogenated alkanes) is 8. The normalized spacial score (nSPS) is 9.60. The van der Waals surface area contributed by atoms with E-state index in [1.54, 1.807) is 0 Å². The summed E-state index contributed by atoms with van der Waals surface area (Å²) in [4.78, 5) is 14.6. The standard InChI is InChI=1S/4C9H19NS2.C7H6N2S.2Zn/c4*1-3-5-7-10(9(11)12)8-6-4-2;10-7-8-5-3-1-2-4-6(5)9-7;;/h4*3-8H2,1-2H3,(H,11,12);1-4H,(H2,8,9,10);;/q;;;;;2*+2/p-4. The van der Waals surface area contributed by atoms with E-state index in [1.165, 1.54) is 103 Å². The quantitative estimate of drug-likeness (QED) is 0.0597. The Kier molecular flexibility index (Phi) is 58.7. The fourth-order valence-electron chi connectivity index (χ4n) is 4.95. The summed E-state index contributed by atoms with van der Waals surface area (Å²) < 4.78 is 3.23. The SMILES string of the molecule is CCCCN(CCCC)C(=S)[S-].CCCCN(CCCC)C(=S)[S-].CCCCN(CCCC)C(=S)[S-].CCCCN(CCCC)C(=S)[S-].S=c1[nH]c2ccccc2[nH]1.[Zn+2].[Zn+2]. The van der Waals surface area contributed by atoms with Crippen molar-refractivity contribution in [3.05, 3.63) is 29.0 Å². The molecule has 0 bridgehead atoms. The van der Waals surface area contributed by atoms with Gasteiger partial charge in [0.15, 0.2) is 4.77 Å². The number of benzene rings is 1. The van der Waals surface area contributed by atoms with Gasteiger partial charge in [0, 0.05) is 52.4 Å². The maximum atomic E-state index is 4.98. The fourth-order valence-corrected chi connectivity index (χ4v) is 6.63. The van der Waals surface area contributed by atoms with E-state index in [2.05, 4.69) is 85.0 Å². The zero-order chi connectivity index (χ0) is 44.6. The van der Waals surface area contributed by atoms with E-state index in [4.69, 9.17) is 112 Å². The van der Waals surface area contributed by atoms with Crippen LogP contribution in [0.4, 0.5) is 0 Å². The molecule has 0 radical (unpaired) electrons. The molecule has 6 nitrogen and oxygen atoms in total. The molecular formula is C43H78N6S9Zn2. The molecule has 0 aliphatic heterocycles. The second-order valence-corrected chi connectivity index (χ2v) is 18.5. The number of aromatic nitrogens is 2. The number of rotatable bonds is 24. The van der Waals surface area contributed by atoms with E-state index in [0.29, 0.717) is 22.1 Å². The summed E-state index contributed by atoms with van der Waals surface area (Å²) in [6.45, 7) is 25.8. The van der Waals surface area contributed by atoms with Crippen LogP contribution in [0.25, 0.3) is 11.0 Å². The van der Waals surface area contributed by atoms with E-state index in [-0.39, 0.29) is 39.0 Å². The Labute approximate surface area is 443 Å². The van der Waals surface area contributed by atoms with Crippen molar-refractivity contribution in [1.29, 1.82) is 0 Å². The molecule has 0 saturated carbocycles. The van der Waals surface area contributed by atoms with Crippen LogP contribution < -0.4 is 0 Å². The molecule has 1 aromatic carbocycles. The predicted octanol–water partition coefficient (Wildman–Crippen LogP) is 13.1. The zero-order valence-electron chi connectivity index (χ0n) is 38.7. The van der Waals surface area contributed by atoms with Gasteiger partial charge in [0.05, 0.1) is 11.0 Å². The first-order valence-corrected chi connectivity index (χ1v) is 25.4. The van der Waals surface area contributed by atoms with Crippen LogP contribution in [0.3, 0.4) is 0 Å². The Hall–Kier alpha value is 0.597. The van der Waals surface area contributed by atoms with Gasteiger partial charge in [0.1, 0.15) is 0 Å². The molecule has 2 rings (SSSR count). The molecule has 1 aromatic heterocycles. The second-order valence-electron chi connectivity index (χ2n) is 14.0. The van der Waals surface area contributed by atoms with E-state index in [1.807, 2.05) is 24.3 Å². The molecule has 2 aromatic rings. The second kappa shape index (κ2) is 50.6. The van der Waals surface area contributed by atoms with Crippen molar-refractivity contribution >= 4 is 140 Å². The van der Waals surface area contributed by atoms with Crippen LogP contribution in [-0.4, -0.2) is 99.2 Å². The zero-order valence-corrected chi connectivity index (χ0v) is 51.9. The number of para-hydroxylation sites is 2. The molecule has 17 heteroatoms. The first-order chi connectivity index (χ1) is 27.7. The Morgan fingerprint density at radius 1 is 0.400 bits per heavy atom. The number of imidazole rings is 1. The summed E-state index contributed by atoms with van der Waals surface area (Å²) in [6, 6.07) is 7.92. The molecule has 0 amide bonds. The summed E-state index contributed by atoms with van der Waals surface area (Å²) in [7, 11) is 0. The molecule has 338 valence electrons. The molecule has 60 heavy (non-hydrogen) atoms. The van der Waals surface area contributed by atoms with Gasteiger partial charge in [-0.1, -0.05) is 136 Å². The summed E-state index contributed by atoms with van der Waals surface area (Å²) in [5.74, 6) is 0. The van der Waals surface area contributed by atoms with Gasteiger partial charge in [-0.05, 0) is 75.7 Å². The van der Waals surface area contributed by atoms with Gasteiger partial charge in [-0.15, -0.1) is 0 Å². The van der Waals surface area contributed by atoms with E-state index < -0.39 is 0 Å². The summed E-state index contributed by atoms with van der Waals surface area (Å²) in [5.41, 5.74) is 2.13. The minimum absolute atomic E-state index is 0. The van der Waals surface area contributed by atoms with Gasteiger partial charge in [-0.25, -0.2) is 0 Å². The molecule has 0 aliphatic rings. The largest absolute Gasteiger partial charge is 2.00 e. The minimum atomic E-state index is 0. The molecule has 0 saturated heterocycles. The predicted molar refractivity (Wildman–Crippen MR) is 289 cm³/mol. The molecule has 0 fully saturated rings. The number of nitrogens with one attached hydrogen (secondary N) is 2. The average molecular weight is 1100 g/mol. The summed E-state index contributed by atoms with van der Waals surface area (Å²) in [5, 5.41) is 0. The van der Waals surface area contributed by atoms with Crippen LogP contribution in [0.2, 0.25) is 0 Å².